The molecule has 3 atom stereocenters. The predicted molar refractivity (Wildman–Crippen MR) is 163 cm³/mol. The summed E-state index contributed by atoms with van der Waals surface area (Å²) in [6, 6.07) is 15.4. The minimum Gasteiger partial charge on any atom is -0.426 e. The minimum absolute atomic E-state index is 0.0627. The standard InChI is InChI=1S/C31H44BN3O6S/c1-4-28(32(38)39)33-29(36)27(21-23-11-7-5-8-12-23)35-20-19-31(22(2)3,30(35)37)34-42(40,41)26-17-15-25(16-18-26)24-13-9-6-10-14-24/h6,9-10,13-18,22-23,27-28,34,38-39H,4-5,7-8,11-12,19-21H2,1-3H3,(H,33,36)/t27-,28?,31?/m1/s1. The van der Waals surface area contributed by atoms with Gasteiger partial charge in [0.05, 0.1) is 10.8 Å². The third-order valence-electron chi connectivity index (χ3n) is 9.05. The summed E-state index contributed by atoms with van der Waals surface area (Å²) in [7, 11) is -5.80. The molecule has 0 bridgehead atoms. The first-order valence-corrected chi connectivity index (χ1v) is 16.6. The highest BCUT2D eigenvalue weighted by Gasteiger charge is 2.54. The number of benzene rings is 2. The van der Waals surface area contributed by atoms with Gasteiger partial charge in [-0.3, -0.25) is 9.59 Å². The summed E-state index contributed by atoms with van der Waals surface area (Å²) in [5.41, 5.74) is 0.435. The van der Waals surface area contributed by atoms with Crippen molar-refractivity contribution in [2.75, 3.05) is 6.54 Å². The molecule has 4 rings (SSSR count). The number of nitrogens with one attached hydrogen (secondary N) is 2. The van der Waals surface area contributed by atoms with E-state index in [0.29, 0.717) is 12.8 Å². The molecule has 2 fully saturated rings. The molecule has 0 radical (unpaired) electrons. The van der Waals surface area contributed by atoms with Gasteiger partial charge in [-0.25, -0.2) is 8.42 Å². The lowest BCUT2D eigenvalue weighted by Gasteiger charge is -2.36. The molecule has 228 valence electrons. The average molecular weight is 598 g/mol. The Hall–Kier alpha value is -2.73. The van der Waals surface area contributed by atoms with Crippen LogP contribution in [0.25, 0.3) is 11.1 Å². The molecule has 0 spiro atoms. The van der Waals surface area contributed by atoms with E-state index < -0.39 is 46.5 Å². The minimum atomic E-state index is -4.07. The van der Waals surface area contributed by atoms with Crippen molar-refractivity contribution in [3.63, 3.8) is 0 Å². The first kappa shape index (κ1) is 32.2. The van der Waals surface area contributed by atoms with Gasteiger partial charge in [-0.1, -0.05) is 95.3 Å². The van der Waals surface area contributed by atoms with Crippen LogP contribution in [0.15, 0.2) is 59.5 Å². The first-order valence-electron chi connectivity index (χ1n) is 15.2. The van der Waals surface area contributed by atoms with Crippen molar-refractivity contribution in [3.05, 3.63) is 54.6 Å². The van der Waals surface area contributed by atoms with Crippen LogP contribution in [0.4, 0.5) is 0 Å². The number of hydrogen-bond donors (Lipinski definition) is 4. The van der Waals surface area contributed by atoms with Gasteiger partial charge in [0.1, 0.15) is 11.6 Å². The van der Waals surface area contributed by atoms with E-state index in [9.17, 15) is 28.1 Å². The summed E-state index contributed by atoms with van der Waals surface area (Å²) in [6.45, 7) is 5.59. The number of nitrogens with zero attached hydrogens (tertiary/aromatic N) is 1. The number of amides is 2. The van der Waals surface area contributed by atoms with E-state index in [1.54, 1.807) is 31.2 Å². The average Bonchev–Trinajstić information content (AvgIpc) is 3.31. The third-order valence-corrected chi connectivity index (χ3v) is 10.6. The number of carbonyl (C=O) groups is 2. The fourth-order valence-corrected chi connectivity index (χ4v) is 7.86. The van der Waals surface area contributed by atoms with Crippen LogP contribution in [0.2, 0.25) is 0 Å². The van der Waals surface area contributed by atoms with Crippen LogP contribution < -0.4 is 10.0 Å². The van der Waals surface area contributed by atoms with Crippen LogP contribution >= 0.6 is 0 Å². The first-order chi connectivity index (χ1) is 20.0. The molecule has 2 amide bonds. The van der Waals surface area contributed by atoms with E-state index >= 15 is 0 Å². The Bertz CT molecular complexity index is 1320. The number of rotatable bonds is 12. The van der Waals surface area contributed by atoms with Crippen LogP contribution in [0.1, 0.15) is 72.1 Å². The van der Waals surface area contributed by atoms with E-state index in [0.717, 1.165) is 43.2 Å². The second-order valence-electron chi connectivity index (χ2n) is 12.1. The predicted octanol–water partition coefficient (Wildman–Crippen LogP) is 3.50. The molecule has 1 saturated carbocycles. The quantitative estimate of drug-likeness (QED) is 0.277. The molecule has 1 saturated heterocycles. The molecule has 2 unspecified atom stereocenters. The number of hydrogen-bond acceptors (Lipinski definition) is 6. The number of sulfonamides is 1. The van der Waals surface area contributed by atoms with Gasteiger partial charge in [0.2, 0.25) is 21.8 Å². The molecule has 11 heteroatoms. The SMILES string of the molecule is CCC(NC(=O)[C@@H](CC1CCCCC1)N1CCC(NS(=O)(=O)c2ccc(-c3ccccc3)cc2)(C(C)C)C1=O)B(O)O. The van der Waals surface area contributed by atoms with Crippen molar-refractivity contribution in [1.82, 2.24) is 14.9 Å². The number of carbonyl (C=O) groups excluding carboxylic acids is 2. The molecule has 9 nitrogen and oxygen atoms in total. The zero-order valence-electron chi connectivity index (χ0n) is 24.8. The van der Waals surface area contributed by atoms with Gasteiger partial charge < -0.3 is 20.3 Å². The van der Waals surface area contributed by atoms with Gasteiger partial charge in [-0.05, 0) is 54.4 Å². The topological polar surface area (TPSA) is 136 Å². The molecule has 1 aliphatic carbocycles. The Morgan fingerprint density at radius 3 is 2.21 bits per heavy atom. The van der Waals surface area contributed by atoms with Gasteiger partial charge >= 0.3 is 7.12 Å². The summed E-state index contributed by atoms with van der Waals surface area (Å²) >= 11 is 0. The smallest absolute Gasteiger partial charge is 0.426 e. The maximum absolute atomic E-state index is 14.2. The Labute approximate surface area is 250 Å². The summed E-state index contributed by atoms with van der Waals surface area (Å²) in [5, 5.41) is 22.2. The molecule has 2 aromatic carbocycles. The van der Waals surface area contributed by atoms with Gasteiger partial charge in [-0.2, -0.15) is 4.72 Å². The largest absolute Gasteiger partial charge is 0.475 e. The second kappa shape index (κ2) is 13.7. The Morgan fingerprint density at radius 2 is 1.64 bits per heavy atom. The highest BCUT2D eigenvalue weighted by molar-refractivity contribution is 7.89. The van der Waals surface area contributed by atoms with Crippen LogP contribution in [0.3, 0.4) is 0 Å². The lowest BCUT2D eigenvalue weighted by molar-refractivity contribution is -0.142. The van der Waals surface area contributed by atoms with E-state index in [4.69, 9.17) is 0 Å². The molecular weight excluding hydrogens is 553 g/mol. The molecule has 4 N–H and O–H groups in total. The Kier molecular flexibility index (Phi) is 10.5. The lowest BCUT2D eigenvalue weighted by Crippen LogP contribution is -2.60. The van der Waals surface area contributed by atoms with E-state index in [2.05, 4.69) is 10.0 Å². The lowest BCUT2D eigenvalue weighted by atomic mass is 9.77. The zero-order chi connectivity index (χ0) is 30.5. The Balaban J connectivity index is 1.59. The van der Waals surface area contributed by atoms with E-state index in [1.807, 2.05) is 44.2 Å². The molecule has 1 aliphatic heterocycles. The highest BCUT2D eigenvalue weighted by atomic mass is 32.2. The van der Waals surface area contributed by atoms with Gasteiger partial charge in [0.25, 0.3) is 0 Å². The molecule has 1 heterocycles. The van der Waals surface area contributed by atoms with Crippen LogP contribution in [-0.2, 0) is 19.6 Å². The monoisotopic (exact) mass is 597 g/mol. The maximum atomic E-state index is 14.2. The van der Waals surface area contributed by atoms with Crippen molar-refractivity contribution in [2.45, 2.75) is 94.6 Å². The van der Waals surface area contributed by atoms with Crippen LogP contribution in [0, 0.1) is 11.8 Å². The molecule has 42 heavy (non-hydrogen) atoms. The molecule has 0 aromatic heterocycles. The Morgan fingerprint density at radius 1 is 1.02 bits per heavy atom. The second-order valence-corrected chi connectivity index (χ2v) is 13.7. The summed E-state index contributed by atoms with van der Waals surface area (Å²) in [4.78, 5) is 29.4. The van der Waals surface area contributed by atoms with Crippen molar-refractivity contribution in [3.8, 4) is 11.1 Å². The van der Waals surface area contributed by atoms with Crippen LogP contribution in [0.5, 0.6) is 0 Å². The van der Waals surface area contributed by atoms with Crippen LogP contribution in [-0.4, -0.2) is 66.4 Å². The van der Waals surface area contributed by atoms with Crippen molar-refractivity contribution in [1.29, 1.82) is 0 Å². The van der Waals surface area contributed by atoms with E-state index in [1.165, 1.54) is 4.90 Å². The highest BCUT2D eigenvalue weighted by Crippen LogP contribution is 2.36. The summed E-state index contributed by atoms with van der Waals surface area (Å²) in [5.74, 6) is -1.84. The van der Waals surface area contributed by atoms with E-state index in [-0.39, 0.29) is 29.7 Å². The summed E-state index contributed by atoms with van der Waals surface area (Å²) in [6.07, 6.45) is 6.20. The van der Waals surface area contributed by atoms with Crippen molar-refractivity contribution < 1.29 is 28.1 Å². The normalized spacial score (nSPS) is 21.4. The number of likely N-dealkylation sites (tertiary alicyclic amines) is 1. The fourth-order valence-electron chi connectivity index (χ4n) is 6.34. The van der Waals surface area contributed by atoms with Gasteiger partial charge in [0, 0.05) is 6.54 Å². The van der Waals surface area contributed by atoms with Crippen molar-refractivity contribution in [2.24, 2.45) is 11.8 Å². The van der Waals surface area contributed by atoms with Gasteiger partial charge in [-0.15, -0.1) is 0 Å². The molecule has 2 aromatic rings. The fraction of sp³-hybridized carbons (Fsp3) is 0.548. The maximum Gasteiger partial charge on any atom is 0.475 e. The third kappa shape index (κ3) is 7.07. The molecule has 2 aliphatic rings. The van der Waals surface area contributed by atoms with Gasteiger partial charge in [0.15, 0.2) is 0 Å². The zero-order valence-corrected chi connectivity index (χ0v) is 25.6. The molecular formula is C31H44BN3O6S. The summed E-state index contributed by atoms with van der Waals surface area (Å²) < 4.78 is 30.1. The van der Waals surface area contributed by atoms with Crippen molar-refractivity contribution >= 4 is 29.0 Å².